The SMILES string of the molecule is O=S(=O)(c1ccc(F)c(F)c1F)N1CCN(Cc2c(F)cccc2Cl)CC1. The van der Waals surface area contributed by atoms with Crippen LogP contribution in [0, 0.1) is 23.3 Å². The molecule has 0 unspecified atom stereocenters. The van der Waals surface area contributed by atoms with Gasteiger partial charge in [0.05, 0.1) is 0 Å². The first-order chi connectivity index (χ1) is 12.7. The van der Waals surface area contributed by atoms with Gasteiger partial charge in [-0.15, -0.1) is 0 Å². The molecular weight excluding hydrogens is 408 g/mol. The lowest BCUT2D eigenvalue weighted by Gasteiger charge is -2.34. The van der Waals surface area contributed by atoms with Gasteiger partial charge in [0.25, 0.3) is 0 Å². The Morgan fingerprint density at radius 3 is 2.19 bits per heavy atom. The standard InChI is InChI=1S/C17H15ClF4N2O2S/c18-12-2-1-3-13(19)11(12)10-23-6-8-24(9-7-23)27(25,26)15-5-4-14(20)16(21)17(15)22/h1-5H,6-10H2. The van der Waals surface area contributed by atoms with Crippen LogP contribution in [0.3, 0.4) is 0 Å². The van der Waals surface area contributed by atoms with Crippen molar-refractivity contribution in [2.45, 2.75) is 11.4 Å². The van der Waals surface area contributed by atoms with Crippen molar-refractivity contribution in [1.82, 2.24) is 9.21 Å². The summed E-state index contributed by atoms with van der Waals surface area (Å²) in [5.74, 6) is -5.49. The van der Waals surface area contributed by atoms with E-state index in [2.05, 4.69) is 0 Å². The van der Waals surface area contributed by atoms with Crippen LogP contribution in [-0.2, 0) is 16.6 Å². The number of nitrogens with zero attached hydrogens (tertiary/aromatic N) is 2. The molecule has 27 heavy (non-hydrogen) atoms. The van der Waals surface area contributed by atoms with Gasteiger partial charge in [0.15, 0.2) is 17.5 Å². The van der Waals surface area contributed by atoms with Gasteiger partial charge in [-0.2, -0.15) is 4.31 Å². The molecule has 0 atom stereocenters. The van der Waals surface area contributed by atoms with Crippen molar-refractivity contribution < 1.29 is 26.0 Å². The van der Waals surface area contributed by atoms with Crippen LogP contribution < -0.4 is 0 Å². The molecule has 2 aromatic carbocycles. The second-order valence-electron chi connectivity index (χ2n) is 6.05. The van der Waals surface area contributed by atoms with Crippen LogP contribution in [-0.4, -0.2) is 43.8 Å². The molecule has 0 spiro atoms. The number of hydrogen-bond acceptors (Lipinski definition) is 3. The van der Waals surface area contributed by atoms with Crippen molar-refractivity contribution in [1.29, 1.82) is 0 Å². The molecule has 1 saturated heterocycles. The Kier molecular flexibility index (Phi) is 5.76. The Bertz CT molecular complexity index is 943. The van der Waals surface area contributed by atoms with E-state index in [0.717, 1.165) is 4.31 Å². The zero-order chi connectivity index (χ0) is 19.8. The number of sulfonamides is 1. The second kappa shape index (κ2) is 7.75. The van der Waals surface area contributed by atoms with E-state index < -0.39 is 38.2 Å². The molecule has 0 N–H and O–H groups in total. The second-order valence-corrected chi connectivity index (χ2v) is 8.37. The van der Waals surface area contributed by atoms with E-state index in [0.29, 0.717) is 17.7 Å². The fraction of sp³-hybridized carbons (Fsp3) is 0.294. The molecule has 10 heteroatoms. The first-order valence-corrected chi connectivity index (χ1v) is 9.82. The van der Waals surface area contributed by atoms with Crippen molar-refractivity contribution >= 4 is 21.6 Å². The van der Waals surface area contributed by atoms with Crippen LogP contribution >= 0.6 is 11.6 Å². The zero-order valence-corrected chi connectivity index (χ0v) is 15.5. The third kappa shape index (κ3) is 3.96. The maximum Gasteiger partial charge on any atom is 0.246 e. The molecule has 0 radical (unpaired) electrons. The van der Waals surface area contributed by atoms with E-state index >= 15 is 0 Å². The molecule has 1 fully saturated rings. The fourth-order valence-corrected chi connectivity index (χ4v) is 4.58. The maximum atomic E-state index is 13.9. The van der Waals surface area contributed by atoms with E-state index in [4.69, 9.17) is 11.6 Å². The average Bonchev–Trinajstić information content (AvgIpc) is 2.63. The normalized spacial score (nSPS) is 16.6. The van der Waals surface area contributed by atoms with Crippen LogP contribution in [0.4, 0.5) is 17.6 Å². The predicted octanol–water partition coefficient (Wildman–Crippen LogP) is 3.40. The van der Waals surface area contributed by atoms with Crippen LogP contribution in [0.2, 0.25) is 5.02 Å². The largest absolute Gasteiger partial charge is 0.296 e. The minimum Gasteiger partial charge on any atom is -0.296 e. The van der Waals surface area contributed by atoms with Crippen molar-refractivity contribution in [3.63, 3.8) is 0 Å². The highest BCUT2D eigenvalue weighted by Crippen LogP contribution is 2.25. The highest BCUT2D eigenvalue weighted by Gasteiger charge is 2.32. The summed E-state index contributed by atoms with van der Waals surface area (Å²) in [4.78, 5) is 0.893. The molecule has 3 rings (SSSR count). The first-order valence-electron chi connectivity index (χ1n) is 8.00. The van der Waals surface area contributed by atoms with Gasteiger partial charge in [0.2, 0.25) is 10.0 Å². The molecular formula is C17H15ClF4N2O2S. The number of piperazine rings is 1. The van der Waals surface area contributed by atoms with Crippen molar-refractivity contribution in [2.24, 2.45) is 0 Å². The summed E-state index contributed by atoms with van der Waals surface area (Å²) in [5.41, 5.74) is 0.308. The maximum absolute atomic E-state index is 13.9. The van der Waals surface area contributed by atoms with E-state index in [9.17, 15) is 26.0 Å². The Morgan fingerprint density at radius 2 is 1.56 bits per heavy atom. The van der Waals surface area contributed by atoms with Gasteiger partial charge in [-0.3, -0.25) is 4.90 Å². The molecule has 0 saturated carbocycles. The summed E-state index contributed by atoms with van der Waals surface area (Å²) in [5, 5.41) is 0.272. The molecule has 4 nitrogen and oxygen atoms in total. The Hall–Kier alpha value is -1.68. The van der Waals surface area contributed by atoms with E-state index in [-0.39, 0.29) is 37.7 Å². The first kappa shape index (κ1) is 20.1. The fourth-order valence-electron chi connectivity index (χ4n) is 2.88. The lowest BCUT2D eigenvalue weighted by Crippen LogP contribution is -2.48. The Balaban J connectivity index is 1.73. The van der Waals surface area contributed by atoms with Crippen molar-refractivity contribution in [3.8, 4) is 0 Å². The lowest BCUT2D eigenvalue weighted by atomic mass is 10.2. The van der Waals surface area contributed by atoms with E-state index in [1.54, 1.807) is 11.0 Å². The predicted molar refractivity (Wildman–Crippen MR) is 91.8 cm³/mol. The van der Waals surface area contributed by atoms with Crippen molar-refractivity contribution in [2.75, 3.05) is 26.2 Å². The summed E-state index contributed by atoms with van der Waals surface area (Å²) < 4.78 is 80.3. The van der Waals surface area contributed by atoms with E-state index in [1.807, 2.05) is 0 Å². The highest BCUT2D eigenvalue weighted by atomic mass is 35.5. The molecule has 2 aromatic rings. The van der Waals surface area contributed by atoms with Crippen LogP contribution in [0.15, 0.2) is 35.2 Å². The Labute approximate surface area is 159 Å². The average molecular weight is 423 g/mol. The van der Waals surface area contributed by atoms with Crippen LogP contribution in [0.1, 0.15) is 5.56 Å². The molecule has 0 aliphatic carbocycles. The minimum atomic E-state index is -4.32. The van der Waals surface area contributed by atoms with Gasteiger partial charge in [0, 0.05) is 43.3 Å². The topological polar surface area (TPSA) is 40.6 Å². The number of halogens is 5. The van der Waals surface area contributed by atoms with Crippen molar-refractivity contribution in [3.05, 3.63) is 64.2 Å². The molecule has 0 aromatic heterocycles. The van der Waals surface area contributed by atoms with Crippen LogP contribution in [0.25, 0.3) is 0 Å². The van der Waals surface area contributed by atoms with Gasteiger partial charge < -0.3 is 0 Å². The van der Waals surface area contributed by atoms with Gasteiger partial charge >= 0.3 is 0 Å². The molecule has 1 heterocycles. The monoisotopic (exact) mass is 422 g/mol. The smallest absolute Gasteiger partial charge is 0.246 e. The summed E-state index contributed by atoms with van der Waals surface area (Å²) in [6, 6.07) is 5.61. The van der Waals surface area contributed by atoms with Gasteiger partial charge in [-0.25, -0.2) is 26.0 Å². The molecule has 0 bridgehead atoms. The highest BCUT2D eigenvalue weighted by molar-refractivity contribution is 7.89. The van der Waals surface area contributed by atoms with Gasteiger partial charge in [-0.1, -0.05) is 17.7 Å². The lowest BCUT2D eigenvalue weighted by molar-refractivity contribution is 0.179. The summed E-state index contributed by atoms with van der Waals surface area (Å²) >= 11 is 5.99. The van der Waals surface area contributed by atoms with Crippen LogP contribution in [0.5, 0.6) is 0 Å². The Morgan fingerprint density at radius 1 is 0.889 bits per heavy atom. The summed E-state index contributed by atoms with van der Waals surface area (Å²) in [7, 11) is -4.32. The van der Waals surface area contributed by atoms with Gasteiger partial charge in [-0.05, 0) is 24.3 Å². The molecule has 0 amide bonds. The molecule has 1 aliphatic rings. The molecule has 1 aliphatic heterocycles. The number of rotatable bonds is 4. The number of benzene rings is 2. The van der Waals surface area contributed by atoms with E-state index in [1.165, 1.54) is 12.1 Å². The minimum absolute atomic E-state index is 0.00710. The third-order valence-electron chi connectivity index (χ3n) is 4.39. The zero-order valence-electron chi connectivity index (χ0n) is 13.9. The quantitative estimate of drug-likeness (QED) is 0.560. The molecule has 146 valence electrons. The summed E-state index contributed by atoms with van der Waals surface area (Å²) in [6.07, 6.45) is 0. The van der Waals surface area contributed by atoms with Gasteiger partial charge in [0.1, 0.15) is 10.7 Å². The summed E-state index contributed by atoms with van der Waals surface area (Å²) in [6.45, 7) is 0.670. The third-order valence-corrected chi connectivity index (χ3v) is 6.66. The number of hydrogen-bond donors (Lipinski definition) is 0.